The zero-order chi connectivity index (χ0) is 24.7. The Morgan fingerprint density at radius 1 is 0.459 bits per heavy atom. The molecule has 0 saturated heterocycles. The standard InChI is InChI=1S/C34H25NOSi/c1-4-12-26(13-5-1)35-33-19-11-10-18-31(33)32-24-29(20-21-34(32)35)37(30-22-23-36-25-30,27-14-6-2-7-15-27)28-16-8-3-9-17-28/h1-25H. The highest BCUT2D eigenvalue weighted by Gasteiger charge is 2.42. The van der Waals surface area contributed by atoms with Crippen LogP contribution in [0.15, 0.2) is 156 Å². The summed E-state index contributed by atoms with van der Waals surface area (Å²) >= 11 is 0. The molecule has 176 valence electrons. The van der Waals surface area contributed by atoms with Crippen molar-refractivity contribution < 1.29 is 4.42 Å². The first-order valence-corrected chi connectivity index (χ1v) is 14.6. The molecule has 0 saturated carbocycles. The molecular weight excluding hydrogens is 466 g/mol. The van der Waals surface area contributed by atoms with E-state index in [1.54, 1.807) is 0 Å². The van der Waals surface area contributed by atoms with Crippen LogP contribution in [0.2, 0.25) is 0 Å². The van der Waals surface area contributed by atoms with Gasteiger partial charge in [-0.1, -0.05) is 109 Å². The number of benzene rings is 5. The molecule has 0 aliphatic rings. The molecule has 3 heteroatoms. The van der Waals surface area contributed by atoms with Crippen LogP contribution in [0.25, 0.3) is 27.5 Å². The summed E-state index contributed by atoms with van der Waals surface area (Å²) in [5.41, 5.74) is 3.61. The Bertz CT molecular complexity index is 1760. The van der Waals surface area contributed by atoms with Gasteiger partial charge in [0, 0.05) is 16.5 Å². The third-order valence-corrected chi connectivity index (χ3v) is 12.2. The lowest BCUT2D eigenvalue weighted by atomic mass is 10.1. The summed E-state index contributed by atoms with van der Waals surface area (Å²) < 4.78 is 8.11. The second kappa shape index (κ2) is 8.81. The lowest BCUT2D eigenvalue weighted by molar-refractivity contribution is 0.569. The van der Waals surface area contributed by atoms with Gasteiger partial charge in [0.1, 0.15) is 0 Å². The molecule has 0 aliphatic heterocycles. The van der Waals surface area contributed by atoms with E-state index in [2.05, 4.69) is 144 Å². The maximum absolute atomic E-state index is 5.74. The molecule has 0 bridgehead atoms. The molecule has 7 rings (SSSR count). The van der Waals surface area contributed by atoms with Crippen LogP contribution in [-0.4, -0.2) is 12.6 Å². The Balaban J connectivity index is 1.60. The Labute approximate surface area is 217 Å². The molecule has 5 aromatic carbocycles. The summed E-state index contributed by atoms with van der Waals surface area (Å²) in [5.74, 6) is 0. The van der Waals surface area contributed by atoms with E-state index >= 15 is 0 Å². The van der Waals surface area contributed by atoms with Gasteiger partial charge in [-0.2, -0.15) is 0 Å². The van der Waals surface area contributed by atoms with Crippen molar-refractivity contribution in [3.8, 4) is 5.69 Å². The number of hydrogen-bond donors (Lipinski definition) is 0. The molecule has 2 heterocycles. The highest BCUT2D eigenvalue weighted by molar-refractivity contribution is 7.19. The smallest absolute Gasteiger partial charge is 0.183 e. The van der Waals surface area contributed by atoms with Gasteiger partial charge in [-0.3, -0.25) is 0 Å². The molecule has 0 N–H and O–H groups in total. The molecule has 37 heavy (non-hydrogen) atoms. The Morgan fingerprint density at radius 3 is 1.70 bits per heavy atom. The molecule has 0 atom stereocenters. The van der Waals surface area contributed by atoms with Crippen molar-refractivity contribution in [2.45, 2.75) is 0 Å². The highest BCUT2D eigenvalue weighted by Crippen LogP contribution is 2.31. The van der Waals surface area contributed by atoms with Crippen molar-refractivity contribution in [1.82, 2.24) is 4.57 Å². The maximum Gasteiger partial charge on any atom is 0.183 e. The van der Waals surface area contributed by atoms with Crippen molar-refractivity contribution in [1.29, 1.82) is 0 Å². The fraction of sp³-hybridized carbons (Fsp3) is 0. The molecule has 2 nitrogen and oxygen atoms in total. The highest BCUT2D eigenvalue weighted by atomic mass is 28.3. The van der Waals surface area contributed by atoms with Gasteiger partial charge in [0.15, 0.2) is 8.07 Å². The fourth-order valence-electron chi connectivity index (χ4n) is 5.92. The molecule has 0 fully saturated rings. The average Bonchev–Trinajstić information content (AvgIpc) is 3.62. The third kappa shape index (κ3) is 3.32. The maximum atomic E-state index is 5.74. The fourth-order valence-corrected chi connectivity index (χ4v) is 10.6. The number of nitrogens with zero attached hydrogens (tertiary/aromatic N) is 1. The van der Waals surface area contributed by atoms with Crippen LogP contribution >= 0.6 is 0 Å². The summed E-state index contributed by atoms with van der Waals surface area (Å²) in [7, 11) is -2.63. The first-order valence-electron chi connectivity index (χ1n) is 12.6. The number of para-hydroxylation sites is 2. The molecule has 0 spiro atoms. The second-order valence-electron chi connectivity index (χ2n) is 9.41. The lowest BCUT2D eigenvalue weighted by Gasteiger charge is -2.33. The van der Waals surface area contributed by atoms with Gasteiger partial charge >= 0.3 is 0 Å². The van der Waals surface area contributed by atoms with Crippen molar-refractivity contribution >= 4 is 50.6 Å². The first kappa shape index (κ1) is 21.7. The quantitative estimate of drug-likeness (QED) is 0.221. The van der Waals surface area contributed by atoms with Gasteiger partial charge in [-0.25, -0.2) is 0 Å². The molecule has 0 unspecified atom stereocenters. The van der Waals surface area contributed by atoms with Crippen molar-refractivity contribution in [2.24, 2.45) is 0 Å². The Hall–Kier alpha value is -4.60. The first-order chi connectivity index (χ1) is 18.4. The zero-order valence-electron chi connectivity index (χ0n) is 20.3. The molecule has 0 aliphatic carbocycles. The number of fused-ring (bicyclic) bond motifs is 3. The van der Waals surface area contributed by atoms with Gasteiger partial charge in [0.05, 0.1) is 23.6 Å². The molecular formula is C34H25NOSi. The minimum atomic E-state index is -2.63. The van der Waals surface area contributed by atoms with E-state index in [0.29, 0.717) is 0 Å². The number of aromatic nitrogens is 1. The van der Waals surface area contributed by atoms with Crippen molar-refractivity contribution in [3.05, 3.63) is 152 Å². The topological polar surface area (TPSA) is 18.1 Å². The number of rotatable bonds is 5. The predicted octanol–water partition coefficient (Wildman–Crippen LogP) is 5.75. The van der Waals surface area contributed by atoms with Gasteiger partial charge in [-0.15, -0.1) is 0 Å². The van der Waals surface area contributed by atoms with E-state index in [0.717, 1.165) is 0 Å². The van der Waals surface area contributed by atoms with Crippen LogP contribution in [0.4, 0.5) is 0 Å². The molecule has 0 amide bonds. The van der Waals surface area contributed by atoms with Gasteiger partial charge in [0.2, 0.25) is 0 Å². The van der Waals surface area contributed by atoms with Crippen LogP contribution in [0, 0.1) is 0 Å². The van der Waals surface area contributed by atoms with E-state index in [1.165, 1.54) is 48.2 Å². The minimum absolute atomic E-state index is 1.17. The van der Waals surface area contributed by atoms with E-state index in [-0.39, 0.29) is 0 Å². The number of furan rings is 1. The van der Waals surface area contributed by atoms with E-state index in [9.17, 15) is 0 Å². The normalized spacial score (nSPS) is 11.8. The van der Waals surface area contributed by atoms with Crippen LogP contribution in [0.5, 0.6) is 0 Å². The summed E-state index contributed by atoms with van der Waals surface area (Å²) in [6.45, 7) is 0. The average molecular weight is 492 g/mol. The van der Waals surface area contributed by atoms with Crippen LogP contribution < -0.4 is 20.7 Å². The summed E-state index contributed by atoms with van der Waals surface area (Å²) in [6.07, 6.45) is 3.76. The second-order valence-corrected chi connectivity index (χ2v) is 13.2. The zero-order valence-corrected chi connectivity index (χ0v) is 21.3. The van der Waals surface area contributed by atoms with Gasteiger partial charge in [-0.05, 0) is 51.1 Å². The van der Waals surface area contributed by atoms with Crippen LogP contribution in [-0.2, 0) is 0 Å². The van der Waals surface area contributed by atoms with Crippen molar-refractivity contribution in [2.75, 3.05) is 0 Å². The van der Waals surface area contributed by atoms with Crippen molar-refractivity contribution in [3.63, 3.8) is 0 Å². The molecule has 0 radical (unpaired) electrons. The van der Waals surface area contributed by atoms with E-state index < -0.39 is 8.07 Å². The van der Waals surface area contributed by atoms with Gasteiger partial charge in [0.25, 0.3) is 0 Å². The monoisotopic (exact) mass is 491 g/mol. The Kier molecular flexibility index (Phi) is 5.16. The summed E-state index contributed by atoms with van der Waals surface area (Å²) in [4.78, 5) is 0. The van der Waals surface area contributed by atoms with E-state index in [1.807, 2.05) is 12.5 Å². The number of hydrogen-bond acceptors (Lipinski definition) is 1. The summed E-state index contributed by atoms with van der Waals surface area (Å²) in [5, 5.41) is 7.80. The SMILES string of the molecule is c1ccc(-n2c3ccccc3c3cc([Si](c4ccccc4)(c4ccccc4)c4ccoc4)ccc32)cc1. The summed E-state index contributed by atoms with van der Waals surface area (Å²) in [6, 6.07) is 50.5. The van der Waals surface area contributed by atoms with E-state index in [4.69, 9.17) is 4.42 Å². The minimum Gasteiger partial charge on any atom is -0.473 e. The molecule has 7 aromatic rings. The third-order valence-electron chi connectivity index (χ3n) is 7.49. The Morgan fingerprint density at radius 2 is 1.05 bits per heavy atom. The van der Waals surface area contributed by atoms with Gasteiger partial charge < -0.3 is 8.98 Å². The predicted molar refractivity (Wildman–Crippen MR) is 157 cm³/mol. The molecule has 2 aromatic heterocycles. The van der Waals surface area contributed by atoms with Crippen LogP contribution in [0.3, 0.4) is 0 Å². The van der Waals surface area contributed by atoms with Crippen LogP contribution in [0.1, 0.15) is 0 Å². The largest absolute Gasteiger partial charge is 0.473 e. The lowest BCUT2D eigenvalue weighted by Crippen LogP contribution is -2.74.